The van der Waals surface area contributed by atoms with Crippen LogP contribution in [0.5, 0.6) is 5.88 Å². The molecular weight excluding hydrogens is 144 g/mol. The summed E-state index contributed by atoms with van der Waals surface area (Å²) in [6, 6.07) is 1.60. The summed E-state index contributed by atoms with van der Waals surface area (Å²) in [7, 11) is 0. The molecule has 0 amide bonds. The number of esters is 1. The summed E-state index contributed by atoms with van der Waals surface area (Å²) in [5, 5.41) is 6.22. The molecule has 0 aliphatic rings. The second-order valence-corrected chi connectivity index (χ2v) is 2.14. The van der Waals surface area contributed by atoms with Gasteiger partial charge in [-0.2, -0.15) is 0 Å². The van der Waals surface area contributed by atoms with Gasteiger partial charge in [-0.25, -0.2) is 0 Å². The predicted octanol–water partition coefficient (Wildman–Crippen LogP) is 1.12. The fourth-order valence-corrected chi connectivity index (χ4v) is 0.675. The second-order valence-electron chi connectivity index (χ2n) is 2.14. The number of hydrogen-bond donors (Lipinski definition) is 1. The van der Waals surface area contributed by atoms with Gasteiger partial charge in [0.15, 0.2) is 0 Å². The van der Waals surface area contributed by atoms with Crippen LogP contribution in [0.2, 0.25) is 0 Å². The van der Waals surface area contributed by atoms with E-state index < -0.39 is 0 Å². The molecule has 0 unspecified atom stereocenters. The molecule has 0 aliphatic carbocycles. The van der Waals surface area contributed by atoms with Gasteiger partial charge in [0.2, 0.25) is 5.88 Å². The predicted molar refractivity (Wildman–Crippen MR) is 39.1 cm³/mol. The lowest BCUT2D eigenvalue weighted by molar-refractivity contribution is -0.134. The SMILES string of the molecule is CCCC(=O)Oc1cc[nH]n1. The Morgan fingerprint density at radius 1 is 1.82 bits per heavy atom. The van der Waals surface area contributed by atoms with E-state index in [0.29, 0.717) is 12.3 Å². The molecule has 0 aromatic carbocycles. The highest BCUT2D eigenvalue weighted by Crippen LogP contribution is 2.03. The van der Waals surface area contributed by atoms with Crippen LogP contribution in [0.4, 0.5) is 0 Å². The molecule has 0 fully saturated rings. The Hall–Kier alpha value is -1.32. The van der Waals surface area contributed by atoms with Crippen molar-refractivity contribution >= 4 is 5.97 Å². The van der Waals surface area contributed by atoms with E-state index in [4.69, 9.17) is 4.74 Å². The molecule has 0 atom stereocenters. The molecule has 1 rings (SSSR count). The first kappa shape index (κ1) is 7.78. The third-order valence-corrected chi connectivity index (χ3v) is 1.15. The summed E-state index contributed by atoms with van der Waals surface area (Å²) in [6.07, 6.45) is 2.84. The Morgan fingerprint density at radius 3 is 3.18 bits per heavy atom. The van der Waals surface area contributed by atoms with E-state index in [9.17, 15) is 4.79 Å². The van der Waals surface area contributed by atoms with E-state index in [2.05, 4.69) is 10.2 Å². The Bertz CT molecular complexity index is 218. The van der Waals surface area contributed by atoms with Gasteiger partial charge >= 0.3 is 5.97 Å². The number of aromatic nitrogens is 2. The molecule has 1 N–H and O–H groups in total. The van der Waals surface area contributed by atoms with Crippen LogP contribution in [0.25, 0.3) is 0 Å². The highest BCUT2D eigenvalue weighted by Gasteiger charge is 2.02. The molecule has 0 spiro atoms. The monoisotopic (exact) mass is 154 g/mol. The summed E-state index contributed by atoms with van der Waals surface area (Å²) in [4.78, 5) is 10.8. The number of carbonyl (C=O) groups excluding carboxylic acids is 1. The van der Waals surface area contributed by atoms with Gasteiger partial charge in [-0.05, 0) is 6.42 Å². The maximum atomic E-state index is 10.8. The van der Waals surface area contributed by atoms with Gasteiger partial charge in [-0.3, -0.25) is 9.89 Å². The van der Waals surface area contributed by atoms with E-state index in [1.54, 1.807) is 12.3 Å². The quantitative estimate of drug-likeness (QED) is 0.663. The zero-order chi connectivity index (χ0) is 8.10. The van der Waals surface area contributed by atoms with E-state index in [0.717, 1.165) is 6.42 Å². The highest BCUT2D eigenvalue weighted by atomic mass is 16.5. The molecule has 0 saturated carbocycles. The van der Waals surface area contributed by atoms with Gasteiger partial charge in [0.05, 0.1) is 0 Å². The molecule has 1 heterocycles. The average Bonchev–Trinajstić information content (AvgIpc) is 2.40. The molecule has 11 heavy (non-hydrogen) atoms. The first-order valence-corrected chi connectivity index (χ1v) is 3.53. The normalized spacial score (nSPS) is 9.55. The van der Waals surface area contributed by atoms with Crippen LogP contribution in [0.1, 0.15) is 19.8 Å². The smallest absolute Gasteiger partial charge is 0.312 e. The van der Waals surface area contributed by atoms with E-state index >= 15 is 0 Å². The van der Waals surface area contributed by atoms with Crippen LogP contribution in [0.3, 0.4) is 0 Å². The number of aromatic amines is 1. The number of carbonyl (C=O) groups is 1. The van der Waals surface area contributed by atoms with Crippen LogP contribution in [0.15, 0.2) is 12.3 Å². The van der Waals surface area contributed by atoms with Crippen molar-refractivity contribution in [1.82, 2.24) is 10.2 Å². The van der Waals surface area contributed by atoms with Crippen LogP contribution in [0, 0.1) is 0 Å². The van der Waals surface area contributed by atoms with Crippen molar-refractivity contribution in [1.29, 1.82) is 0 Å². The van der Waals surface area contributed by atoms with Gasteiger partial charge in [0.25, 0.3) is 0 Å². The van der Waals surface area contributed by atoms with Crippen LogP contribution in [-0.4, -0.2) is 16.2 Å². The summed E-state index contributed by atoms with van der Waals surface area (Å²) < 4.78 is 4.81. The number of H-pyrrole nitrogens is 1. The van der Waals surface area contributed by atoms with Crippen molar-refractivity contribution in [2.75, 3.05) is 0 Å². The lowest BCUT2D eigenvalue weighted by Gasteiger charge is -1.96. The zero-order valence-corrected chi connectivity index (χ0v) is 6.33. The Morgan fingerprint density at radius 2 is 2.64 bits per heavy atom. The van der Waals surface area contributed by atoms with Gasteiger partial charge < -0.3 is 4.74 Å². The van der Waals surface area contributed by atoms with Crippen molar-refractivity contribution in [3.8, 4) is 5.88 Å². The molecular formula is C7H10N2O2. The minimum atomic E-state index is -0.236. The van der Waals surface area contributed by atoms with Crippen molar-refractivity contribution in [2.24, 2.45) is 0 Å². The fourth-order valence-electron chi connectivity index (χ4n) is 0.675. The third kappa shape index (κ3) is 2.41. The lowest BCUT2D eigenvalue weighted by Crippen LogP contribution is -2.06. The summed E-state index contributed by atoms with van der Waals surface area (Å²) in [5.74, 6) is 0.100. The molecule has 0 bridgehead atoms. The standard InChI is InChI=1S/C7H10N2O2/c1-2-3-7(10)11-6-4-5-8-9-6/h4-5H,2-3H2,1H3,(H,8,9). The lowest BCUT2D eigenvalue weighted by atomic mass is 10.3. The van der Waals surface area contributed by atoms with Gasteiger partial charge in [0, 0.05) is 18.7 Å². The van der Waals surface area contributed by atoms with E-state index in [-0.39, 0.29) is 5.97 Å². The second kappa shape index (κ2) is 3.75. The molecule has 4 heteroatoms. The number of nitrogens with one attached hydrogen (secondary N) is 1. The molecule has 0 aliphatic heterocycles. The van der Waals surface area contributed by atoms with Crippen molar-refractivity contribution in [2.45, 2.75) is 19.8 Å². The van der Waals surface area contributed by atoms with Crippen molar-refractivity contribution in [3.63, 3.8) is 0 Å². The maximum Gasteiger partial charge on any atom is 0.312 e. The maximum absolute atomic E-state index is 10.8. The van der Waals surface area contributed by atoms with Gasteiger partial charge in [-0.15, -0.1) is 5.10 Å². The first-order chi connectivity index (χ1) is 5.33. The summed E-state index contributed by atoms with van der Waals surface area (Å²) in [6.45, 7) is 1.92. The van der Waals surface area contributed by atoms with Gasteiger partial charge in [-0.1, -0.05) is 6.92 Å². The van der Waals surface area contributed by atoms with Crippen molar-refractivity contribution in [3.05, 3.63) is 12.3 Å². The molecule has 4 nitrogen and oxygen atoms in total. The van der Waals surface area contributed by atoms with E-state index in [1.807, 2.05) is 6.92 Å². The van der Waals surface area contributed by atoms with E-state index in [1.165, 1.54) is 0 Å². The largest absolute Gasteiger partial charge is 0.406 e. The molecule has 0 radical (unpaired) electrons. The fraction of sp³-hybridized carbons (Fsp3) is 0.429. The average molecular weight is 154 g/mol. The minimum absolute atomic E-state index is 0.236. The molecule has 0 saturated heterocycles. The molecule has 1 aromatic rings. The summed E-state index contributed by atoms with van der Waals surface area (Å²) >= 11 is 0. The number of ether oxygens (including phenoxy) is 1. The molecule has 1 aromatic heterocycles. The third-order valence-electron chi connectivity index (χ3n) is 1.15. The number of nitrogens with zero attached hydrogens (tertiary/aromatic N) is 1. The Balaban J connectivity index is 2.37. The Labute approximate surface area is 64.6 Å². The van der Waals surface area contributed by atoms with Crippen molar-refractivity contribution < 1.29 is 9.53 Å². The van der Waals surface area contributed by atoms with Gasteiger partial charge in [0.1, 0.15) is 0 Å². The molecule has 60 valence electrons. The van der Waals surface area contributed by atoms with Crippen LogP contribution < -0.4 is 4.74 Å². The minimum Gasteiger partial charge on any atom is -0.406 e. The number of hydrogen-bond acceptors (Lipinski definition) is 3. The van der Waals surface area contributed by atoms with Crippen LogP contribution >= 0.6 is 0 Å². The summed E-state index contributed by atoms with van der Waals surface area (Å²) in [5.41, 5.74) is 0. The zero-order valence-electron chi connectivity index (χ0n) is 6.33. The van der Waals surface area contributed by atoms with Crippen LogP contribution in [-0.2, 0) is 4.79 Å². The first-order valence-electron chi connectivity index (χ1n) is 3.53. The Kier molecular flexibility index (Phi) is 2.66. The topological polar surface area (TPSA) is 55.0 Å². The highest BCUT2D eigenvalue weighted by molar-refractivity contribution is 5.71. The number of rotatable bonds is 3.